The molecule has 3 aromatic rings. The van der Waals surface area contributed by atoms with Crippen LogP contribution in [0.3, 0.4) is 0 Å². The molecule has 1 saturated heterocycles. The Morgan fingerprint density at radius 3 is 2.59 bits per heavy atom. The first-order valence-electron chi connectivity index (χ1n) is 10.6. The van der Waals surface area contributed by atoms with E-state index in [1.54, 1.807) is 6.07 Å². The van der Waals surface area contributed by atoms with Gasteiger partial charge in [0.25, 0.3) is 5.91 Å². The van der Waals surface area contributed by atoms with Crippen molar-refractivity contribution in [2.45, 2.75) is 39.0 Å². The molecule has 0 radical (unpaired) electrons. The number of benzene rings is 2. The minimum atomic E-state index is -0.304. The summed E-state index contributed by atoms with van der Waals surface area (Å²) in [5.41, 5.74) is 4.63. The summed E-state index contributed by atoms with van der Waals surface area (Å²) >= 11 is 0. The Balaban J connectivity index is 1.37. The van der Waals surface area contributed by atoms with Crippen molar-refractivity contribution in [2.75, 3.05) is 24.5 Å². The van der Waals surface area contributed by atoms with Crippen molar-refractivity contribution in [3.63, 3.8) is 0 Å². The van der Waals surface area contributed by atoms with E-state index in [0.29, 0.717) is 24.2 Å². The molecular weight excluding hydrogens is 365 g/mol. The number of fused-ring (bicyclic) bond motifs is 1. The van der Waals surface area contributed by atoms with Crippen LogP contribution in [0.1, 0.15) is 47.8 Å². The number of nitrogens with one attached hydrogen (secondary N) is 2. The van der Waals surface area contributed by atoms with E-state index in [4.69, 9.17) is 0 Å². The highest BCUT2D eigenvalue weighted by molar-refractivity contribution is 6.01. The number of aryl methyl sites for hydroxylation is 1. The van der Waals surface area contributed by atoms with E-state index in [1.165, 1.54) is 42.6 Å². The van der Waals surface area contributed by atoms with E-state index >= 15 is 0 Å². The largest absolute Gasteiger partial charge is 0.372 e. The van der Waals surface area contributed by atoms with Gasteiger partial charge in [0.2, 0.25) is 0 Å². The van der Waals surface area contributed by atoms with Crippen molar-refractivity contribution < 1.29 is 9.18 Å². The minimum Gasteiger partial charge on any atom is -0.372 e. The van der Waals surface area contributed by atoms with Gasteiger partial charge in [-0.2, -0.15) is 0 Å². The molecule has 1 aliphatic heterocycles. The normalized spacial score (nSPS) is 14.3. The molecule has 5 heteroatoms. The second kappa shape index (κ2) is 8.68. The van der Waals surface area contributed by atoms with E-state index in [2.05, 4.69) is 39.5 Å². The van der Waals surface area contributed by atoms with E-state index in [-0.39, 0.29) is 11.7 Å². The van der Waals surface area contributed by atoms with Crippen LogP contribution < -0.4 is 10.2 Å². The molecule has 0 spiro atoms. The van der Waals surface area contributed by atoms with Crippen LogP contribution in [0.25, 0.3) is 10.9 Å². The number of hydrogen-bond acceptors (Lipinski definition) is 2. The molecule has 0 unspecified atom stereocenters. The Morgan fingerprint density at radius 2 is 1.86 bits per heavy atom. The van der Waals surface area contributed by atoms with Crippen molar-refractivity contribution in [1.29, 1.82) is 0 Å². The maximum atomic E-state index is 13.5. The molecule has 29 heavy (non-hydrogen) atoms. The van der Waals surface area contributed by atoms with Gasteiger partial charge in [0.15, 0.2) is 0 Å². The van der Waals surface area contributed by atoms with Crippen molar-refractivity contribution >= 4 is 22.5 Å². The molecule has 1 fully saturated rings. The fourth-order valence-corrected chi connectivity index (χ4v) is 4.22. The Labute approximate surface area is 171 Å². The van der Waals surface area contributed by atoms with Gasteiger partial charge in [0.1, 0.15) is 11.5 Å². The molecule has 1 amide bonds. The Hall–Kier alpha value is -2.82. The molecule has 0 bridgehead atoms. The molecule has 2 heterocycles. The Bertz CT molecular complexity index is 987. The summed E-state index contributed by atoms with van der Waals surface area (Å²) in [7, 11) is 0. The third-order valence-electron chi connectivity index (χ3n) is 5.81. The fourth-order valence-electron chi connectivity index (χ4n) is 4.22. The Kier molecular flexibility index (Phi) is 5.84. The number of halogens is 1. The van der Waals surface area contributed by atoms with Crippen LogP contribution >= 0.6 is 0 Å². The minimum absolute atomic E-state index is 0.136. The number of H-pyrrole nitrogens is 1. The lowest BCUT2D eigenvalue weighted by Crippen LogP contribution is -2.29. The summed E-state index contributed by atoms with van der Waals surface area (Å²) in [4.78, 5) is 18.2. The first-order valence-corrected chi connectivity index (χ1v) is 10.6. The SMILES string of the molecule is CCc1c(C(=O)NCCc2ccc(N3CCCCC3)cc2)[nH]c2cc(F)ccc12. The lowest BCUT2D eigenvalue weighted by atomic mass is 10.1. The summed E-state index contributed by atoms with van der Waals surface area (Å²) in [5, 5.41) is 3.91. The first-order chi connectivity index (χ1) is 14.2. The molecular formula is C24H28FN3O. The molecule has 4 nitrogen and oxygen atoms in total. The highest BCUT2D eigenvalue weighted by Gasteiger charge is 2.16. The van der Waals surface area contributed by atoms with Gasteiger partial charge in [0, 0.05) is 36.2 Å². The first kappa shape index (κ1) is 19.5. The van der Waals surface area contributed by atoms with Crippen LogP contribution in [-0.4, -0.2) is 30.5 Å². The topological polar surface area (TPSA) is 48.1 Å². The lowest BCUT2D eigenvalue weighted by molar-refractivity contribution is 0.0949. The lowest BCUT2D eigenvalue weighted by Gasteiger charge is -2.28. The number of hydrogen-bond donors (Lipinski definition) is 2. The van der Waals surface area contributed by atoms with Gasteiger partial charge in [-0.25, -0.2) is 4.39 Å². The van der Waals surface area contributed by atoms with Gasteiger partial charge < -0.3 is 15.2 Å². The van der Waals surface area contributed by atoms with Gasteiger partial charge >= 0.3 is 0 Å². The summed E-state index contributed by atoms with van der Waals surface area (Å²) in [5.74, 6) is -0.440. The van der Waals surface area contributed by atoms with Crippen LogP contribution in [0.2, 0.25) is 0 Å². The van der Waals surface area contributed by atoms with Crippen LogP contribution in [-0.2, 0) is 12.8 Å². The summed E-state index contributed by atoms with van der Waals surface area (Å²) in [6, 6.07) is 13.3. The zero-order valence-electron chi connectivity index (χ0n) is 16.9. The maximum absolute atomic E-state index is 13.5. The van der Waals surface area contributed by atoms with Gasteiger partial charge in [-0.05, 0) is 73.6 Å². The summed E-state index contributed by atoms with van der Waals surface area (Å²) < 4.78 is 13.5. The van der Waals surface area contributed by atoms with Crippen molar-refractivity contribution in [1.82, 2.24) is 10.3 Å². The van der Waals surface area contributed by atoms with E-state index in [0.717, 1.165) is 30.5 Å². The third-order valence-corrected chi connectivity index (χ3v) is 5.81. The van der Waals surface area contributed by atoms with Gasteiger partial charge in [-0.1, -0.05) is 19.1 Å². The fraction of sp³-hybridized carbons (Fsp3) is 0.375. The van der Waals surface area contributed by atoms with Gasteiger partial charge in [0.05, 0.1) is 0 Å². The van der Waals surface area contributed by atoms with Crippen molar-refractivity contribution in [3.8, 4) is 0 Å². The quantitative estimate of drug-likeness (QED) is 0.630. The van der Waals surface area contributed by atoms with Crippen molar-refractivity contribution in [2.24, 2.45) is 0 Å². The van der Waals surface area contributed by atoms with Crippen LogP contribution in [0.4, 0.5) is 10.1 Å². The van der Waals surface area contributed by atoms with Crippen LogP contribution in [0.5, 0.6) is 0 Å². The highest BCUT2D eigenvalue weighted by Crippen LogP contribution is 2.24. The third kappa shape index (κ3) is 4.29. The monoisotopic (exact) mass is 393 g/mol. The number of aromatic amines is 1. The maximum Gasteiger partial charge on any atom is 0.268 e. The molecule has 4 rings (SSSR count). The number of piperidine rings is 1. The van der Waals surface area contributed by atoms with Crippen molar-refractivity contribution in [3.05, 3.63) is 65.1 Å². The van der Waals surface area contributed by atoms with Crippen LogP contribution in [0, 0.1) is 5.82 Å². The number of carbonyl (C=O) groups is 1. The molecule has 2 N–H and O–H groups in total. The molecule has 0 aliphatic carbocycles. The zero-order chi connectivity index (χ0) is 20.2. The average molecular weight is 394 g/mol. The Morgan fingerprint density at radius 1 is 1.10 bits per heavy atom. The van der Waals surface area contributed by atoms with Gasteiger partial charge in [-0.15, -0.1) is 0 Å². The molecule has 2 aromatic carbocycles. The summed E-state index contributed by atoms with van der Waals surface area (Å²) in [6.07, 6.45) is 5.37. The van der Waals surface area contributed by atoms with Gasteiger partial charge in [-0.3, -0.25) is 4.79 Å². The van der Waals surface area contributed by atoms with E-state index in [9.17, 15) is 9.18 Å². The van der Waals surface area contributed by atoms with Crippen LogP contribution in [0.15, 0.2) is 42.5 Å². The second-order valence-corrected chi connectivity index (χ2v) is 7.74. The number of nitrogens with zero attached hydrogens (tertiary/aromatic N) is 1. The molecule has 0 saturated carbocycles. The summed E-state index contributed by atoms with van der Waals surface area (Å²) in [6.45, 7) is 4.86. The number of rotatable bonds is 6. The molecule has 152 valence electrons. The predicted molar refractivity (Wildman–Crippen MR) is 116 cm³/mol. The molecule has 0 atom stereocenters. The predicted octanol–water partition coefficient (Wildman–Crippen LogP) is 4.83. The van der Waals surface area contributed by atoms with E-state index < -0.39 is 0 Å². The van der Waals surface area contributed by atoms with E-state index in [1.807, 2.05) is 6.92 Å². The molecule has 1 aromatic heterocycles. The smallest absolute Gasteiger partial charge is 0.268 e. The average Bonchev–Trinajstić information content (AvgIpc) is 3.12. The number of amides is 1. The number of anilines is 1. The highest BCUT2D eigenvalue weighted by atomic mass is 19.1. The zero-order valence-corrected chi connectivity index (χ0v) is 16.9. The molecule has 1 aliphatic rings. The number of aromatic nitrogens is 1. The standard InChI is InChI=1S/C24H28FN3O/c1-2-20-21-11-8-18(25)16-22(21)27-23(20)24(29)26-13-12-17-6-9-19(10-7-17)28-14-4-3-5-15-28/h6-11,16,27H,2-5,12-15H2,1H3,(H,26,29). The number of carbonyl (C=O) groups excluding carboxylic acids is 1. The second-order valence-electron chi connectivity index (χ2n) is 7.74.